The third-order valence-corrected chi connectivity index (χ3v) is 15.2. The molecule has 0 heterocycles. The third kappa shape index (κ3) is 7.49. The Labute approximate surface area is 354 Å². The van der Waals surface area contributed by atoms with Crippen LogP contribution in [0.4, 0.5) is 17.1 Å². The van der Waals surface area contributed by atoms with Gasteiger partial charge in [-0.15, -0.1) is 0 Å². The zero-order valence-electron chi connectivity index (χ0n) is 35.9. The molecule has 10 rings (SSSR count). The van der Waals surface area contributed by atoms with E-state index in [1.165, 1.54) is 169 Å². The standard InChI is InChI=1S/C58H63N/c1-40-23-24-46(49-36-47(42-17-9-5-10-18-42)35-48(37-49)43-19-11-6-12-20-43)38-55(40)45-27-31-51(32-28-45)59(50-29-25-44(26-30-50)41-15-7-4-8-16-41)52-33-34-54-53-21-13-14-22-56(53)58(2,3)57(54)39-52/h13-14,21-39,41-43H,4-12,15-20H2,1-3H3. The number of rotatable bonds is 8. The van der Waals surface area contributed by atoms with Crippen molar-refractivity contribution in [2.75, 3.05) is 4.90 Å². The van der Waals surface area contributed by atoms with Gasteiger partial charge in [-0.2, -0.15) is 0 Å². The average Bonchev–Trinajstić information content (AvgIpc) is 3.53. The number of hydrogen-bond acceptors (Lipinski definition) is 1. The van der Waals surface area contributed by atoms with Gasteiger partial charge in [-0.3, -0.25) is 0 Å². The van der Waals surface area contributed by atoms with Crippen LogP contribution in [0, 0.1) is 6.92 Å². The van der Waals surface area contributed by atoms with Crippen molar-refractivity contribution >= 4 is 17.1 Å². The van der Waals surface area contributed by atoms with Crippen LogP contribution in [0.2, 0.25) is 0 Å². The van der Waals surface area contributed by atoms with Crippen LogP contribution in [0.1, 0.15) is 161 Å². The highest BCUT2D eigenvalue weighted by Crippen LogP contribution is 2.51. The van der Waals surface area contributed by atoms with Crippen LogP contribution >= 0.6 is 0 Å². The second-order valence-electron chi connectivity index (χ2n) is 19.3. The molecule has 59 heavy (non-hydrogen) atoms. The molecule has 300 valence electrons. The maximum absolute atomic E-state index is 2.62. The molecule has 0 saturated heterocycles. The number of fused-ring (bicyclic) bond motifs is 3. The smallest absolute Gasteiger partial charge is 0.0465 e. The lowest BCUT2D eigenvalue weighted by atomic mass is 9.78. The van der Waals surface area contributed by atoms with Gasteiger partial charge in [0.15, 0.2) is 0 Å². The van der Waals surface area contributed by atoms with E-state index in [1.54, 1.807) is 11.1 Å². The van der Waals surface area contributed by atoms with Crippen molar-refractivity contribution in [1.29, 1.82) is 0 Å². The normalized spacial score (nSPS) is 18.4. The fourth-order valence-corrected chi connectivity index (χ4v) is 11.7. The van der Waals surface area contributed by atoms with Crippen molar-refractivity contribution < 1.29 is 0 Å². The molecule has 0 radical (unpaired) electrons. The quantitative estimate of drug-likeness (QED) is 0.149. The average molecular weight is 774 g/mol. The monoisotopic (exact) mass is 773 g/mol. The Bertz CT molecular complexity index is 2380. The Kier molecular flexibility index (Phi) is 10.6. The summed E-state index contributed by atoms with van der Waals surface area (Å²) >= 11 is 0. The predicted octanol–water partition coefficient (Wildman–Crippen LogP) is 17.2. The van der Waals surface area contributed by atoms with E-state index in [1.807, 2.05) is 0 Å². The van der Waals surface area contributed by atoms with Crippen LogP contribution in [-0.2, 0) is 5.41 Å². The molecule has 0 unspecified atom stereocenters. The highest BCUT2D eigenvalue weighted by atomic mass is 15.1. The van der Waals surface area contributed by atoms with Gasteiger partial charge in [-0.1, -0.05) is 157 Å². The Morgan fingerprint density at radius 3 is 1.51 bits per heavy atom. The van der Waals surface area contributed by atoms with Gasteiger partial charge in [-0.25, -0.2) is 0 Å². The van der Waals surface area contributed by atoms with Gasteiger partial charge in [0.2, 0.25) is 0 Å². The van der Waals surface area contributed by atoms with E-state index < -0.39 is 0 Å². The van der Waals surface area contributed by atoms with E-state index in [2.05, 4.69) is 153 Å². The van der Waals surface area contributed by atoms with Gasteiger partial charge in [-0.05, 0) is 172 Å². The molecule has 0 aromatic heterocycles. The van der Waals surface area contributed by atoms with Crippen molar-refractivity contribution in [3.8, 4) is 33.4 Å². The molecule has 6 aromatic rings. The minimum atomic E-state index is -0.0576. The first-order valence-corrected chi connectivity index (χ1v) is 23.4. The van der Waals surface area contributed by atoms with Crippen LogP contribution < -0.4 is 4.90 Å². The Morgan fingerprint density at radius 2 is 0.898 bits per heavy atom. The van der Waals surface area contributed by atoms with Crippen LogP contribution in [0.15, 0.2) is 127 Å². The lowest BCUT2D eigenvalue weighted by Gasteiger charge is -2.29. The first-order chi connectivity index (χ1) is 28.9. The summed E-state index contributed by atoms with van der Waals surface area (Å²) < 4.78 is 0. The summed E-state index contributed by atoms with van der Waals surface area (Å²) in [7, 11) is 0. The molecule has 4 aliphatic rings. The largest absolute Gasteiger partial charge is 0.310 e. The number of aryl methyl sites for hydroxylation is 1. The first-order valence-electron chi connectivity index (χ1n) is 23.4. The van der Waals surface area contributed by atoms with Gasteiger partial charge >= 0.3 is 0 Å². The Morgan fingerprint density at radius 1 is 0.390 bits per heavy atom. The van der Waals surface area contributed by atoms with Crippen molar-refractivity contribution in [2.24, 2.45) is 0 Å². The van der Waals surface area contributed by atoms with Gasteiger partial charge in [0.05, 0.1) is 0 Å². The number of anilines is 3. The summed E-state index contributed by atoms with van der Waals surface area (Å²) in [5, 5.41) is 0. The zero-order chi connectivity index (χ0) is 39.9. The zero-order valence-corrected chi connectivity index (χ0v) is 35.9. The second-order valence-corrected chi connectivity index (χ2v) is 19.3. The molecule has 3 fully saturated rings. The summed E-state index contributed by atoms with van der Waals surface area (Å²) in [5.74, 6) is 2.11. The minimum Gasteiger partial charge on any atom is -0.310 e. The molecule has 1 heteroatoms. The van der Waals surface area contributed by atoms with E-state index in [4.69, 9.17) is 0 Å². The van der Waals surface area contributed by atoms with Crippen molar-refractivity contribution in [2.45, 2.75) is 140 Å². The van der Waals surface area contributed by atoms with Gasteiger partial charge in [0.25, 0.3) is 0 Å². The van der Waals surface area contributed by atoms with Crippen LogP contribution in [-0.4, -0.2) is 0 Å². The lowest BCUT2D eigenvalue weighted by Crippen LogP contribution is -2.16. The van der Waals surface area contributed by atoms with E-state index in [0.29, 0.717) is 17.8 Å². The summed E-state index contributed by atoms with van der Waals surface area (Å²) in [6, 6.07) is 50.2. The summed E-state index contributed by atoms with van der Waals surface area (Å²) in [6.07, 6.45) is 20.4. The molecule has 6 aromatic carbocycles. The topological polar surface area (TPSA) is 3.24 Å². The van der Waals surface area contributed by atoms with E-state index in [9.17, 15) is 0 Å². The van der Waals surface area contributed by atoms with Crippen LogP contribution in [0.25, 0.3) is 33.4 Å². The summed E-state index contributed by atoms with van der Waals surface area (Å²) in [5.41, 5.74) is 20.5. The van der Waals surface area contributed by atoms with Crippen molar-refractivity contribution in [3.05, 3.63) is 161 Å². The molecule has 1 nitrogen and oxygen atoms in total. The van der Waals surface area contributed by atoms with E-state index >= 15 is 0 Å². The highest BCUT2D eigenvalue weighted by Gasteiger charge is 2.36. The van der Waals surface area contributed by atoms with Crippen molar-refractivity contribution in [3.63, 3.8) is 0 Å². The SMILES string of the molecule is Cc1ccc(-c2cc(C3CCCCC3)cc(C3CCCCC3)c2)cc1-c1ccc(N(c2ccc(C3CCCCC3)cc2)c2ccc3c(c2)C(C)(C)c2ccccc2-3)cc1. The molecule has 0 aliphatic heterocycles. The van der Waals surface area contributed by atoms with Gasteiger partial charge in [0.1, 0.15) is 0 Å². The second kappa shape index (κ2) is 16.3. The fraction of sp³-hybridized carbons (Fsp3) is 0.379. The predicted molar refractivity (Wildman–Crippen MR) is 252 cm³/mol. The highest BCUT2D eigenvalue weighted by molar-refractivity contribution is 5.86. The molecular weight excluding hydrogens is 711 g/mol. The number of benzene rings is 6. The molecule has 4 aliphatic carbocycles. The molecule has 0 N–H and O–H groups in total. The summed E-state index contributed by atoms with van der Waals surface area (Å²) in [4.78, 5) is 2.49. The Hall–Kier alpha value is -4.88. The third-order valence-electron chi connectivity index (χ3n) is 15.2. The van der Waals surface area contributed by atoms with Crippen LogP contribution in [0.5, 0.6) is 0 Å². The Balaban J connectivity index is 1.01. The van der Waals surface area contributed by atoms with Gasteiger partial charge in [0, 0.05) is 22.5 Å². The fourth-order valence-electron chi connectivity index (χ4n) is 11.7. The molecule has 0 atom stereocenters. The van der Waals surface area contributed by atoms with E-state index in [-0.39, 0.29) is 5.41 Å². The molecule has 3 saturated carbocycles. The number of hydrogen-bond donors (Lipinski definition) is 0. The van der Waals surface area contributed by atoms with E-state index in [0.717, 1.165) is 0 Å². The molecule has 0 bridgehead atoms. The maximum atomic E-state index is 2.62. The van der Waals surface area contributed by atoms with Crippen molar-refractivity contribution in [1.82, 2.24) is 0 Å². The molecule has 0 spiro atoms. The summed E-state index contributed by atoms with van der Waals surface area (Å²) in [6.45, 7) is 7.06. The first kappa shape index (κ1) is 38.3. The van der Waals surface area contributed by atoms with Crippen LogP contribution in [0.3, 0.4) is 0 Å². The lowest BCUT2D eigenvalue weighted by molar-refractivity contribution is 0.435. The number of nitrogens with zero attached hydrogens (tertiary/aromatic N) is 1. The van der Waals surface area contributed by atoms with Gasteiger partial charge < -0.3 is 4.90 Å². The molecule has 0 amide bonds. The molecular formula is C58H63N. The minimum absolute atomic E-state index is 0.0576. The maximum Gasteiger partial charge on any atom is 0.0465 e.